The molecule has 0 atom stereocenters. The van der Waals surface area contributed by atoms with Crippen molar-refractivity contribution in [3.05, 3.63) is 25.1 Å². The Kier molecular flexibility index (Phi) is 3.44. The van der Waals surface area contributed by atoms with E-state index in [4.69, 9.17) is 0 Å². The summed E-state index contributed by atoms with van der Waals surface area (Å²) in [5.74, 6) is 0.660. The lowest BCUT2D eigenvalue weighted by atomic mass is 10.4. The third kappa shape index (κ3) is 3.53. The second kappa shape index (κ2) is 3.89. The molecule has 0 radical (unpaired) electrons. The molecule has 0 spiro atoms. The highest BCUT2D eigenvalue weighted by molar-refractivity contribution is 5.92. The fourth-order valence-electron chi connectivity index (χ4n) is 0.314. The van der Waals surface area contributed by atoms with Crippen LogP contribution in [0.5, 0.6) is 0 Å². The molecule has 0 aliphatic rings. The average Bonchev–Trinajstić information content (AvgIpc) is 1.87. The Morgan fingerprint density at radius 3 is 2.56 bits per heavy atom. The highest BCUT2D eigenvalue weighted by Crippen LogP contribution is 1.86. The van der Waals surface area contributed by atoms with Crippen LogP contribution in [-0.2, 0) is 0 Å². The molecule has 0 rings (SSSR count). The zero-order valence-corrected chi connectivity index (χ0v) is 5.94. The van der Waals surface area contributed by atoms with Gasteiger partial charge in [0.1, 0.15) is 5.82 Å². The van der Waals surface area contributed by atoms with E-state index in [0.29, 0.717) is 5.82 Å². The van der Waals surface area contributed by atoms with Crippen molar-refractivity contribution in [1.82, 2.24) is 5.32 Å². The first-order valence-electron chi connectivity index (χ1n) is 2.75. The van der Waals surface area contributed by atoms with Crippen molar-refractivity contribution in [2.24, 2.45) is 4.99 Å². The number of hydrogen-bond donors (Lipinski definition) is 1. The first kappa shape index (κ1) is 7.95. The van der Waals surface area contributed by atoms with E-state index in [1.54, 1.807) is 13.1 Å². The van der Waals surface area contributed by atoms with Gasteiger partial charge >= 0.3 is 0 Å². The number of allylic oxidation sites excluding steroid dienone is 1. The fourth-order valence-corrected chi connectivity index (χ4v) is 0.314. The summed E-state index contributed by atoms with van der Waals surface area (Å²) in [6.45, 7) is 9.03. The van der Waals surface area contributed by atoms with E-state index >= 15 is 0 Å². The van der Waals surface area contributed by atoms with Crippen molar-refractivity contribution in [2.45, 2.75) is 6.92 Å². The summed E-state index contributed by atoms with van der Waals surface area (Å²) in [6.07, 6.45) is 1.68. The molecule has 0 amide bonds. The molecule has 0 aliphatic carbocycles. The highest BCUT2D eigenvalue weighted by atomic mass is 15.0. The topological polar surface area (TPSA) is 24.4 Å². The number of aliphatic imine (C=N–C) groups is 1. The Balaban J connectivity index is 3.94. The van der Waals surface area contributed by atoms with Gasteiger partial charge in [0.2, 0.25) is 0 Å². The molecule has 0 bridgehead atoms. The summed E-state index contributed by atoms with van der Waals surface area (Å²) >= 11 is 0. The smallest absolute Gasteiger partial charge is 0.118 e. The highest BCUT2D eigenvalue weighted by Gasteiger charge is 1.82. The molecule has 2 heteroatoms. The summed E-state index contributed by atoms with van der Waals surface area (Å²) in [7, 11) is 1.78. The van der Waals surface area contributed by atoms with Gasteiger partial charge in [0.05, 0.1) is 0 Å². The van der Waals surface area contributed by atoms with Gasteiger partial charge < -0.3 is 5.32 Å². The number of nitrogens with zero attached hydrogens (tertiary/aromatic N) is 1. The third-order valence-corrected chi connectivity index (χ3v) is 0.895. The third-order valence-electron chi connectivity index (χ3n) is 0.895. The summed E-state index contributed by atoms with van der Waals surface area (Å²) in [4.78, 5) is 4.01. The summed E-state index contributed by atoms with van der Waals surface area (Å²) in [6, 6.07) is 0. The largest absolute Gasteiger partial charge is 0.374 e. The van der Waals surface area contributed by atoms with Gasteiger partial charge in [-0.1, -0.05) is 13.2 Å². The van der Waals surface area contributed by atoms with Crippen LogP contribution in [-0.4, -0.2) is 12.8 Å². The average molecular weight is 124 g/mol. The SMILES string of the molecule is C=C/C(C)=N\C(=C)NC. The van der Waals surface area contributed by atoms with Crippen LogP contribution in [0.4, 0.5) is 0 Å². The normalized spacial score (nSPS) is 10.7. The number of hydrogen-bond acceptors (Lipinski definition) is 2. The maximum Gasteiger partial charge on any atom is 0.118 e. The Morgan fingerprint density at radius 2 is 2.22 bits per heavy atom. The lowest BCUT2D eigenvalue weighted by Crippen LogP contribution is -2.02. The molecular weight excluding hydrogens is 112 g/mol. The summed E-state index contributed by atoms with van der Waals surface area (Å²) in [5.41, 5.74) is 0.870. The minimum absolute atomic E-state index is 0.660. The number of rotatable bonds is 3. The second-order valence-electron chi connectivity index (χ2n) is 1.65. The van der Waals surface area contributed by atoms with Gasteiger partial charge in [-0.3, -0.25) is 0 Å². The quantitative estimate of drug-likeness (QED) is 0.564. The Labute approximate surface area is 56.0 Å². The monoisotopic (exact) mass is 124 g/mol. The van der Waals surface area contributed by atoms with E-state index in [-0.39, 0.29) is 0 Å². The molecule has 0 saturated heterocycles. The predicted octanol–water partition coefficient (Wildman–Crippen LogP) is 1.32. The van der Waals surface area contributed by atoms with Crippen LogP contribution >= 0.6 is 0 Å². The Bertz CT molecular complexity index is 145. The zero-order chi connectivity index (χ0) is 7.28. The van der Waals surface area contributed by atoms with Gasteiger partial charge in [-0.05, 0) is 13.0 Å². The lowest BCUT2D eigenvalue weighted by molar-refractivity contribution is 0.973. The molecule has 0 heterocycles. The maximum absolute atomic E-state index is 4.01. The van der Waals surface area contributed by atoms with Crippen molar-refractivity contribution >= 4 is 5.71 Å². The van der Waals surface area contributed by atoms with Gasteiger partial charge in [-0.2, -0.15) is 0 Å². The van der Waals surface area contributed by atoms with Gasteiger partial charge in [0.25, 0.3) is 0 Å². The van der Waals surface area contributed by atoms with E-state index < -0.39 is 0 Å². The standard InChI is InChI=1S/C7H12N2/c1-5-6(2)9-7(3)8-4/h5,8H,1,3H2,2,4H3/b9-6-. The minimum atomic E-state index is 0.660. The van der Waals surface area contributed by atoms with Gasteiger partial charge in [0, 0.05) is 12.8 Å². The summed E-state index contributed by atoms with van der Waals surface area (Å²) in [5, 5.41) is 2.80. The molecule has 2 nitrogen and oxygen atoms in total. The summed E-state index contributed by atoms with van der Waals surface area (Å²) < 4.78 is 0. The van der Waals surface area contributed by atoms with Crippen molar-refractivity contribution < 1.29 is 0 Å². The van der Waals surface area contributed by atoms with Crippen LogP contribution in [0, 0.1) is 0 Å². The molecule has 0 aromatic carbocycles. The Hall–Kier alpha value is -1.05. The van der Waals surface area contributed by atoms with E-state index in [2.05, 4.69) is 23.5 Å². The lowest BCUT2D eigenvalue weighted by Gasteiger charge is -1.95. The van der Waals surface area contributed by atoms with Crippen molar-refractivity contribution in [1.29, 1.82) is 0 Å². The van der Waals surface area contributed by atoms with Gasteiger partial charge in [-0.15, -0.1) is 0 Å². The van der Waals surface area contributed by atoms with Crippen LogP contribution in [0.25, 0.3) is 0 Å². The van der Waals surface area contributed by atoms with Crippen LogP contribution in [0.3, 0.4) is 0 Å². The molecule has 50 valence electrons. The van der Waals surface area contributed by atoms with Crippen molar-refractivity contribution in [3.63, 3.8) is 0 Å². The van der Waals surface area contributed by atoms with Crippen molar-refractivity contribution in [2.75, 3.05) is 7.05 Å². The molecule has 9 heavy (non-hydrogen) atoms. The van der Waals surface area contributed by atoms with Crippen LogP contribution < -0.4 is 5.32 Å². The first-order chi connectivity index (χ1) is 4.20. The maximum atomic E-state index is 4.01. The van der Waals surface area contributed by atoms with Crippen LogP contribution in [0.15, 0.2) is 30.0 Å². The number of nitrogens with one attached hydrogen (secondary N) is 1. The molecule has 0 aliphatic heterocycles. The molecular formula is C7H12N2. The van der Waals surface area contributed by atoms with Crippen LogP contribution in [0.1, 0.15) is 6.92 Å². The molecule has 0 fully saturated rings. The first-order valence-corrected chi connectivity index (χ1v) is 2.75. The van der Waals surface area contributed by atoms with Gasteiger partial charge in [0.15, 0.2) is 0 Å². The fraction of sp³-hybridized carbons (Fsp3) is 0.286. The zero-order valence-electron chi connectivity index (χ0n) is 5.94. The predicted molar refractivity (Wildman–Crippen MR) is 41.5 cm³/mol. The molecule has 0 unspecified atom stereocenters. The van der Waals surface area contributed by atoms with E-state index in [1.807, 2.05) is 6.92 Å². The molecule has 0 aromatic rings. The van der Waals surface area contributed by atoms with Crippen LogP contribution in [0.2, 0.25) is 0 Å². The minimum Gasteiger partial charge on any atom is -0.374 e. The Morgan fingerprint density at radius 1 is 1.67 bits per heavy atom. The van der Waals surface area contributed by atoms with E-state index in [9.17, 15) is 0 Å². The van der Waals surface area contributed by atoms with Gasteiger partial charge in [-0.25, -0.2) is 4.99 Å². The second-order valence-corrected chi connectivity index (χ2v) is 1.65. The molecule has 1 N–H and O–H groups in total. The van der Waals surface area contributed by atoms with E-state index in [1.165, 1.54) is 0 Å². The van der Waals surface area contributed by atoms with E-state index in [0.717, 1.165) is 5.71 Å². The molecule has 0 saturated carbocycles. The van der Waals surface area contributed by atoms with Crippen molar-refractivity contribution in [3.8, 4) is 0 Å². The molecule has 0 aromatic heterocycles.